The van der Waals surface area contributed by atoms with Crippen LogP contribution in [-0.4, -0.2) is 65.9 Å². The smallest absolute Gasteiger partial charge is 0.247 e. The van der Waals surface area contributed by atoms with Crippen LogP contribution >= 0.6 is 24.0 Å². The second kappa shape index (κ2) is 10.2. The van der Waals surface area contributed by atoms with Crippen molar-refractivity contribution < 1.29 is 9.18 Å². The normalized spacial score (nSPS) is 21.6. The third-order valence-electron chi connectivity index (χ3n) is 6.11. The van der Waals surface area contributed by atoms with Crippen LogP contribution in [0, 0.1) is 12.7 Å². The predicted octanol–water partition coefficient (Wildman–Crippen LogP) is 3.83. The van der Waals surface area contributed by atoms with Crippen molar-refractivity contribution >= 4 is 41.7 Å². The number of rotatable bonds is 4. The summed E-state index contributed by atoms with van der Waals surface area (Å²) in [6.45, 7) is 5.92. The van der Waals surface area contributed by atoms with Gasteiger partial charge in [-0.25, -0.2) is 4.39 Å². The number of fused-ring (bicyclic) bond motifs is 2. The van der Waals surface area contributed by atoms with E-state index in [0.717, 1.165) is 49.4 Å². The lowest BCUT2D eigenvalue weighted by atomic mass is 9.99. The average molecular weight is 479 g/mol. The Bertz CT molecular complexity index is 982. The number of amides is 1. The number of carbonyl (C=O) groups is 1. The number of halogens is 3. The van der Waals surface area contributed by atoms with E-state index in [1.807, 2.05) is 30.0 Å². The quantitative estimate of drug-likeness (QED) is 0.535. The van der Waals surface area contributed by atoms with E-state index < -0.39 is 0 Å². The molecule has 32 heavy (non-hydrogen) atoms. The summed E-state index contributed by atoms with van der Waals surface area (Å²) in [5.41, 5.74) is 9.44. The average Bonchev–Trinajstić information content (AvgIpc) is 2.70. The summed E-state index contributed by atoms with van der Waals surface area (Å²) in [5.74, 6) is -0.211. The SMILES string of the molecule is Cc1cc(C=CC(=O)N2C3CN(C)CC2CN(Cc2ccc(F)cc2)C3)c(N)cc1Cl.Cl. The van der Waals surface area contributed by atoms with Crippen molar-refractivity contribution in [1.82, 2.24) is 14.7 Å². The molecule has 0 aromatic heterocycles. The van der Waals surface area contributed by atoms with Crippen molar-refractivity contribution in [3.05, 3.63) is 70.0 Å². The van der Waals surface area contributed by atoms with Crippen molar-refractivity contribution in [2.24, 2.45) is 0 Å². The van der Waals surface area contributed by atoms with Gasteiger partial charge in [0, 0.05) is 49.5 Å². The van der Waals surface area contributed by atoms with Crippen LogP contribution in [0.1, 0.15) is 16.7 Å². The lowest BCUT2D eigenvalue weighted by Crippen LogP contribution is -2.68. The lowest BCUT2D eigenvalue weighted by Gasteiger charge is -2.52. The number of nitrogens with two attached hydrogens (primary N) is 1. The molecule has 2 atom stereocenters. The Hall–Kier alpha value is -2.12. The Balaban J connectivity index is 0.00000289. The van der Waals surface area contributed by atoms with E-state index in [2.05, 4.69) is 16.8 Å². The number of likely N-dealkylation sites (N-methyl/N-ethyl adjacent to an activating group) is 1. The highest BCUT2D eigenvalue weighted by atomic mass is 35.5. The van der Waals surface area contributed by atoms with Gasteiger partial charge in [0.1, 0.15) is 5.82 Å². The maximum absolute atomic E-state index is 13.2. The molecule has 2 heterocycles. The topological polar surface area (TPSA) is 52.8 Å². The summed E-state index contributed by atoms with van der Waals surface area (Å²) in [6.07, 6.45) is 3.41. The Morgan fingerprint density at radius 1 is 1.16 bits per heavy atom. The van der Waals surface area contributed by atoms with Crippen molar-refractivity contribution in [1.29, 1.82) is 0 Å². The zero-order chi connectivity index (χ0) is 22.1. The van der Waals surface area contributed by atoms with E-state index >= 15 is 0 Å². The molecule has 2 unspecified atom stereocenters. The van der Waals surface area contributed by atoms with Crippen molar-refractivity contribution in [2.75, 3.05) is 39.0 Å². The fraction of sp³-hybridized carbons (Fsp3) is 0.375. The van der Waals surface area contributed by atoms with E-state index in [9.17, 15) is 9.18 Å². The monoisotopic (exact) mass is 478 g/mol. The predicted molar refractivity (Wildman–Crippen MR) is 130 cm³/mol. The molecule has 0 saturated carbocycles. The molecule has 0 spiro atoms. The zero-order valence-electron chi connectivity index (χ0n) is 18.3. The van der Waals surface area contributed by atoms with Gasteiger partial charge in [-0.1, -0.05) is 23.7 Å². The number of aryl methyl sites for hydroxylation is 1. The summed E-state index contributed by atoms with van der Waals surface area (Å²) in [6, 6.07) is 10.5. The number of hydrogen-bond acceptors (Lipinski definition) is 4. The highest BCUT2D eigenvalue weighted by Crippen LogP contribution is 2.26. The Morgan fingerprint density at radius 2 is 1.78 bits per heavy atom. The molecule has 5 nitrogen and oxygen atoms in total. The third-order valence-corrected chi connectivity index (χ3v) is 6.52. The number of carbonyl (C=O) groups excluding carboxylic acids is 1. The molecule has 8 heteroatoms. The first-order valence-corrected chi connectivity index (χ1v) is 10.9. The maximum Gasteiger partial charge on any atom is 0.247 e. The van der Waals surface area contributed by atoms with Gasteiger partial charge in [0.25, 0.3) is 0 Å². The van der Waals surface area contributed by atoms with Gasteiger partial charge in [0.15, 0.2) is 0 Å². The Morgan fingerprint density at radius 3 is 2.41 bits per heavy atom. The molecule has 2 fully saturated rings. The first-order valence-electron chi connectivity index (χ1n) is 10.5. The van der Waals surface area contributed by atoms with Gasteiger partial charge in [-0.05, 0) is 61.0 Å². The second-order valence-corrected chi connectivity index (χ2v) is 9.07. The number of piperazine rings is 2. The lowest BCUT2D eigenvalue weighted by molar-refractivity contribution is -0.140. The first-order chi connectivity index (χ1) is 14.8. The van der Waals surface area contributed by atoms with Gasteiger partial charge in [0.2, 0.25) is 5.91 Å². The minimum Gasteiger partial charge on any atom is -0.398 e. The summed E-state index contributed by atoms with van der Waals surface area (Å²) in [7, 11) is 2.10. The maximum atomic E-state index is 13.2. The molecule has 4 rings (SSSR count). The van der Waals surface area contributed by atoms with Gasteiger partial charge >= 0.3 is 0 Å². The van der Waals surface area contributed by atoms with Crippen LogP contribution in [0.3, 0.4) is 0 Å². The summed E-state index contributed by atoms with van der Waals surface area (Å²) in [4.78, 5) is 19.8. The van der Waals surface area contributed by atoms with Gasteiger partial charge in [-0.15, -0.1) is 12.4 Å². The second-order valence-electron chi connectivity index (χ2n) is 8.66. The number of nitrogens with zero attached hydrogens (tertiary/aromatic N) is 3. The molecule has 2 aliphatic rings. The third kappa shape index (κ3) is 5.44. The summed E-state index contributed by atoms with van der Waals surface area (Å²) < 4.78 is 13.2. The first kappa shape index (κ1) is 24.5. The highest BCUT2D eigenvalue weighted by molar-refractivity contribution is 6.31. The van der Waals surface area contributed by atoms with E-state index in [4.69, 9.17) is 17.3 Å². The summed E-state index contributed by atoms with van der Waals surface area (Å²) >= 11 is 6.12. The van der Waals surface area contributed by atoms with E-state index in [-0.39, 0.29) is 36.2 Å². The molecule has 2 saturated heterocycles. The molecule has 1 amide bonds. The standard InChI is InChI=1S/C24H28ClFN4O.ClH/c1-16-9-18(23(27)10-22(16)25)5-8-24(31)30-20-12-28(2)13-21(30)15-29(14-20)11-17-3-6-19(26)7-4-17;/h3-10,20-21H,11-15,27H2,1-2H3;1H. The molecule has 2 aliphatic heterocycles. The van der Waals surface area contributed by atoms with Gasteiger partial charge < -0.3 is 15.5 Å². The van der Waals surface area contributed by atoms with Crippen LogP contribution < -0.4 is 5.73 Å². The number of hydrogen-bond donors (Lipinski definition) is 1. The van der Waals surface area contributed by atoms with Crippen molar-refractivity contribution in [2.45, 2.75) is 25.6 Å². The Kier molecular flexibility index (Phi) is 7.83. The molecular formula is C24H29Cl2FN4O. The molecular weight excluding hydrogens is 450 g/mol. The molecule has 172 valence electrons. The molecule has 0 radical (unpaired) electrons. The van der Waals surface area contributed by atoms with Crippen LogP contribution in [0.25, 0.3) is 6.08 Å². The van der Waals surface area contributed by atoms with E-state index in [1.165, 1.54) is 12.1 Å². The highest BCUT2D eigenvalue weighted by Gasteiger charge is 2.41. The molecule has 2 N–H and O–H groups in total. The molecule has 2 bridgehead atoms. The van der Waals surface area contributed by atoms with Crippen LogP contribution in [0.5, 0.6) is 0 Å². The zero-order valence-corrected chi connectivity index (χ0v) is 19.9. The minimum absolute atomic E-state index is 0. The fourth-order valence-electron chi connectivity index (χ4n) is 4.68. The van der Waals surface area contributed by atoms with Gasteiger partial charge in [-0.3, -0.25) is 9.69 Å². The fourth-order valence-corrected chi connectivity index (χ4v) is 4.85. The molecule has 2 aromatic rings. The van der Waals surface area contributed by atoms with E-state index in [0.29, 0.717) is 10.7 Å². The minimum atomic E-state index is -0.221. The number of nitrogen functional groups attached to an aromatic ring is 1. The van der Waals surface area contributed by atoms with Gasteiger partial charge in [0.05, 0.1) is 12.1 Å². The van der Waals surface area contributed by atoms with Crippen molar-refractivity contribution in [3.63, 3.8) is 0 Å². The van der Waals surface area contributed by atoms with Crippen molar-refractivity contribution in [3.8, 4) is 0 Å². The number of anilines is 1. The van der Waals surface area contributed by atoms with Gasteiger partial charge in [-0.2, -0.15) is 0 Å². The van der Waals surface area contributed by atoms with Crippen LogP contribution in [0.4, 0.5) is 10.1 Å². The van der Waals surface area contributed by atoms with Crippen LogP contribution in [0.2, 0.25) is 5.02 Å². The van der Waals surface area contributed by atoms with E-state index in [1.54, 1.807) is 18.2 Å². The Labute approximate surface area is 200 Å². The molecule has 0 aliphatic carbocycles. The largest absolute Gasteiger partial charge is 0.398 e. The number of benzene rings is 2. The van der Waals surface area contributed by atoms with Crippen LogP contribution in [0.15, 0.2) is 42.5 Å². The molecule has 2 aromatic carbocycles. The van der Waals surface area contributed by atoms with Crippen LogP contribution in [-0.2, 0) is 11.3 Å². The summed E-state index contributed by atoms with van der Waals surface area (Å²) in [5, 5.41) is 0.621.